The van der Waals surface area contributed by atoms with Crippen LogP contribution in [0, 0.1) is 6.15 Å². The van der Waals surface area contributed by atoms with Crippen LogP contribution in [0.5, 0.6) is 0 Å². The first-order valence-corrected chi connectivity index (χ1v) is 3.52. The van der Waals surface area contributed by atoms with Crippen LogP contribution >= 0.6 is 0 Å². The van der Waals surface area contributed by atoms with Crippen molar-refractivity contribution < 1.29 is 11.3 Å². The Morgan fingerprint density at radius 1 is 1.00 bits per heavy atom. The molecular weight excluding hydrogens is 104 g/mol. The van der Waals surface area contributed by atoms with Gasteiger partial charge in [0, 0.05) is 12.8 Å². The van der Waals surface area contributed by atoms with E-state index in [4.69, 9.17) is 5.11 Å². The first-order valence-electron chi connectivity index (χ1n) is 3.52. The summed E-state index contributed by atoms with van der Waals surface area (Å²) in [7, 11) is 0. The van der Waals surface area contributed by atoms with Gasteiger partial charge in [-0.2, -0.15) is 0 Å². The third-order valence-electron chi connectivity index (χ3n) is 1.26. The summed E-state index contributed by atoms with van der Waals surface area (Å²) < 4.78 is 0. The summed E-state index contributed by atoms with van der Waals surface area (Å²) in [4.78, 5) is 0. The minimum Gasteiger partial charge on any atom is -0.396 e. The summed E-state index contributed by atoms with van der Waals surface area (Å²) in [6.45, 7) is 2.56. The average molecular weight is 120 g/mol. The van der Waals surface area contributed by atoms with Gasteiger partial charge in [0.25, 0.3) is 0 Å². The van der Waals surface area contributed by atoms with Gasteiger partial charge >= 0.3 is 0 Å². The second-order valence-electron chi connectivity index (χ2n) is 2.14. The predicted molar refractivity (Wildman–Crippen MR) is 35.8 cm³/mol. The number of aliphatic hydroxyl groups is 1. The molecule has 0 aromatic carbocycles. The van der Waals surface area contributed by atoms with E-state index in [0.29, 0.717) is 6.61 Å². The molecule has 0 heterocycles. The van der Waals surface area contributed by atoms with E-state index in [1.54, 1.807) is 0 Å². The Morgan fingerprint density at radius 3 is 2.00 bits per heavy atom. The molecule has 9 heavy (non-hydrogen) atoms. The topological polar surface area (TPSA) is 20.2 Å². The molecule has 2 heteroatoms. The molecule has 0 fully saturated rings. The largest absolute Gasteiger partial charge is 0.396 e. The van der Waals surface area contributed by atoms with E-state index in [1.165, 1.54) is 25.7 Å². The molecule has 0 saturated heterocycles. The Hall–Kier alpha value is -0.131. The van der Waals surface area contributed by atoms with E-state index in [1.807, 2.05) is 0 Å². The summed E-state index contributed by atoms with van der Waals surface area (Å²) >= 11 is 0. The van der Waals surface area contributed by atoms with Crippen LogP contribution in [0.15, 0.2) is 0 Å². The monoisotopic (exact) mass is 120 g/mol. The van der Waals surface area contributed by atoms with Gasteiger partial charge in [0.1, 0.15) is 0 Å². The quantitative estimate of drug-likeness (QED) is 0.550. The van der Waals surface area contributed by atoms with Gasteiger partial charge < -0.3 is 5.11 Å². The normalized spacial score (nSPS) is 8.67. The second kappa shape index (κ2) is 10.8. The Balaban J connectivity index is 0. The maximum atomic E-state index is 8.37. The molecular formula is C7H16HeO. The average Bonchev–Trinajstić information content (AvgIpc) is 1.81. The van der Waals surface area contributed by atoms with Crippen LogP contribution in [0.3, 0.4) is 0 Å². The van der Waals surface area contributed by atoms with Gasteiger partial charge in [0.2, 0.25) is 0 Å². The van der Waals surface area contributed by atoms with Crippen LogP contribution in [0.2, 0.25) is 0 Å². The Kier molecular flexibility index (Phi) is 13.9. The molecule has 0 aliphatic carbocycles. The number of hydrogen-bond donors (Lipinski definition) is 1. The van der Waals surface area contributed by atoms with E-state index in [0.717, 1.165) is 6.42 Å². The maximum absolute atomic E-state index is 8.37. The zero-order valence-corrected chi connectivity index (χ0v) is 6.40. The van der Waals surface area contributed by atoms with Crippen LogP contribution in [-0.4, -0.2) is 11.7 Å². The molecule has 1 nitrogen and oxygen atoms in total. The molecule has 0 rings (SSSR count). The van der Waals surface area contributed by atoms with E-state index in [9.17, 15) is 0 Å². The first kappa shape index (κ1) is 11.6. The molecule has 0 bridgehead atoms. The fourth-order valence-corrected chi connectivity index (χ4v) is 0.715. The predicted octanol–water partition coefficient (Wildman–Crippen LogP) is 1.95. The second-order valence-corrected chi connectivity index (χ2v) is 2.14. The van der Waals surface area contributed by atoms with Crippen LogP contribution in [-0.2, 0) is 0 Å². The maximum Gasteiger partial charge on any atom is 0.0431 e. The third-order valence-corrected chi connectivity index (χ3v) is 1.26. The van der Waals surface area contributed by atoms with Gasteiger partial charge in [0.05, 0.1) is 0 Å². The first-order chi connectivity index (χ1) is 3.91. The zero-order chi connectivity index (χ0) is 6.24. The van der Waals surface area contributed by atoms with Crippen molar-refractivity contribution in [2.75, 3.05) is 6.61 Å². The SMILES string of the molecule is CCCCCCCO.[He]. The van der Waals surface area contributed by atoms with Gasteiger partial charge in [-0.05, 0) is 6.42 Å². The Bertz CT molecular complexity index is 33.9. The van der Waals surface area contributed by atoms with Gasteiger partial charge in [0.15, 0.2) is 0 Å². The van der Waals surface area contributed by atoms with Crippen molar-refractivity contribution >= 4 is 0 Å². The number of hydrogen-bond acceptors (Lipinski definition) is 1. The summed E-state index contributed by atoms with van der Waals surface area (Å²) in [6.07, 6.45) is 6.08. The van der Waals surface area contributed by atoms with Gasteiger partial charge in [-0.1, -0.05) is 32.6 Å². The zero-order valence-electron chi connectivity index (χ0n) is 6.40. The van der Waals surface area contributed by atoms with E-state index in [2.05, 4.69) is 6.92 Å². The van der Waals surface area contributed by atoms with Crippen molar-refractivity contribution in [1.29, 1.82) is 0 Å². The molecule has 0 aromatic heterocycles. The standard InChI is InChI=1S/C7H16O.He/c1-2-3-4-5-6-7-8;/h8H,2-7H2,1H3;. The van der Waals surface area contributed by atoms with Crippen LogP contribution in [0.4, 0.5) is 0 Å². The molecule has 0 aromatic rings. The van der Waals surface area contributed by atoms with Gasteiger partial charge in [-0.25, -0.2) is 0 Å². The minimum atomic E-state index is 0. The molecule has 0 saturated carbocycles. The van der Waals surface area contributed by atoms with Crippen LogP contribution in [0.1, 0.15) is 39.0 Å². The number of unbranched alkanes of at least 4 members (excludes halogenated alkanes) is 4. The fraction of sp³-hybridized carbons (Fsp3) is 1.00. The summed E-state index contributed by atoms with van der Waals surface area (Å²) in [6, 6.07) is 0. The molecule has 0 spiro atoms. The van der Waals surface area contributed by atoms with Crippen molar-refractivity contribution in [3.63, 3.8) is 0 Å². The summed E-state index contributed by atoms with van der Waals surface area (Å²) in [5.74, 6) is 0. The van der Waals surface area contributed by atoms with Gasteiger partial charge in [-0.15, -0.1) is 0 Å². The summed E-state index contributed by atoms with van der Waals surface area (Å²) in [5.41, 5.74) is 0. The van der Waals surface area contributed by atoms with Crippen molar-refractivity contribution in [3.05, 3.63) is 0 Å². The van der Waals surface area contributed by atoms with E-state index < -0.39 is 0 Å². The smallest absolute Gasteiger partial charge is 0.0431 e. The van der Waals surface area contributed by atoms with E-state index in [-0.39, 0.29) is 6.15 Å². The Morgan fingerprint density at radius 2 is 1.56 bits per heavy atom. The summed E-state index contributed by atoms with van der Waals surface area (Å²) in [5, 5.41) is 8.37. The molecule has 0 aliphatic rings. The molecule has 0 aliphatic heterocycles. The van der Waals surface area contributed by atoms with Crippen LogP contribution in [0.25, 0.3) is 0 Å². The van der Waals surface area contributed by atoms with E-state index >= 15 is 0 Å². The van der Waals surface area contributed by atoms with Gasteiger partial charge in [-0.3, -0.25) is 0 Å². The van der Waals surface area contributed by atoms with Crippen molar-refractivity contribution in [1.82, 2.24) is 0 Å². The van der Waals surface area contributed by atoms with Crippen molar-refractivity contribution in [2.24, 2.45) is 0 Å². The number of rotatable bonds is 5. The molecule has 0 unspecified atom stereocenters. The molecule has 52 valence electrons. The number of aliphatic hydroxyl groups excluding tert-OH is 1. The molecule has 1 N–H and O–H groups in total. The van der Waals surface area contributed by atoms with Crippen molar-refractivity contribution in [2.45, 2.75) is 39.0 Å². The molecule has 0 atom stereocenters. The van der Waals surface area contributed by atoms with Crippen molar-refractivity contribution in [3.8, 4) is 0 Å². The molecule has 0 amide bonds. The fourth-order valence-electron chi connectivity index (χ4n) is 0.715. The third kappa shape index (κ3) is 11.4. The minimum absolute atomic E-state index is 0. The molecule has 0 radical (unpaired) electrons. The Labute approximate surface area is 57.9 Å². The van der Waals surface area contributed by atoms with Crippen LogP contribution < -0.4 is 0 Å².